The van der Waals surface area contributed by atoms with E-state index < -0.39 is 29.0 Å². The van der Waals surface area contributed by atoms with E-state index in [0.29, 0.717) is 60.0 Å². The summed E-state index contributed by atoms with van der Waals surface area (Å²) >= 11 is 5.82. The third-order valence-electron chi connectivity index (χ3n) is 5.36. The Morgan fingerprint density at radius 3 is 2.54 bits per heavy atom. The van der Waals surface area contributed by atoms with E-state index in [4.69, 9.17) is 16.3 Å². The lowest BCUT2D eigenvalue weighted by atomic mass is 10.2. The lowest BCUT2D eigenvalue weighted by molar-refractivity contribution is -0.274. The fourth-order valence-corrected chi connectivity index (χ4v) is 4.89. The highest BCUT2D eigenvalue weighted by atomic mass is 35.5. The van der Waals surface area contributed by atoms with Crippen LogP contribution in [0.2, 0.25) is 5.02 Å². The molecule has 4 rings (SSSR count). The monoisotopic (exact) mass is 531 g/mol. The van der Waals surface area contributed by atoms with Crippen molar-refractivity contribution in [1.82, 2.24) is 25.2 Å². The van der Waals surface area contributed by atoms with Gasteiger partial charge in [-0.25, -0.2) is 4.79 Å². The van der Waals surface area contributed by atoms with E-state index in [-0.39, 0.29) is 11.6 Å². The minimum Gasteiger partial charge on any atom is -0.445 e. The van der Waals surface area contributed by atoms with Crippen molar-refractivity contribution in [3.63, 3.8) is 0 Å². The van der Waals surface area contributed by atoms with Gasteiger partial charge in [-0.3, -0.25) is 9.11 Å². The van der Waals surface area contributed by atoms with Gasteiger partial charge in [-0.2, -0.15) is 15.4 Å². The number of nitrogens with zero attached hydrogens (tertiary/aromatic N) is 4. The number of ether oxygens (including phenoxy) is 2. The molecule has 1 amide bonds. The molecular formula is C21H21ClF3N5O4S. The van der Waals surface area contributed by atoms with E-state index in [0.717, 1.165) is 6.07 Å². The van der Waals surface area contributed by atoms with Crippen LogP contribution < -0.4 is 4.74 Å². The summed E-state index contributed by atoms with van der Waals surface area (Å²) in [6, 6.07) is 8.99. The molecule has 1 aliphatic heterocycles. The second-order valence-electron chi connectivity index (χ2n) is 7.72. The van der Waals surface area contributed by atoms with Crippen LogP contribution in [0.25, 0.3) is 11.0 Å². The molecule has 0 radical (unpaired) electrons. The van der Waals surface area contributed by atoms with Crippen LogP contribution in [0.15, 0.2) is 41.3 Å². The molecule has 1 atom stereocenters. The molecule has 1 N–H and O–H groups in total. The zero-order valence-electron chi connectivity index (χ0n) is 18.3. The Bertz CT molecular complexity index is 1220. The number of piperazine rings is 1. The van der Waals surface area contributed by atoms with Gasteiger partial charge in [0.2, 0.25) is 0 Å². The fraction of sp³-hybridized carbons (Fsp3) is 0.381. The van der Waals surface area contributed by atoms with Crippen LogP contribution in [0.3, 0.4) is 0 Å². The average molecular weight is 532 g/mol. The molecule has 9 nitrogen and oxygen atoms in total. The number of fused-ring (bicyclic) bond motifs is 1. The van der Waals surface area contributed by atoms with Crippen LogP contribution in [-0.2, 0) is 22.1 Å². The van der Waals surface area contributed by atoms with E-state index >= 15 is 0 Å². The maximum atomic E-state index is 12.6. The molecule has 2 heterocycles. The van der Waals surface area contributed by atoms with Crippen LogP contribution in [0.5, 0.6) is 5.75 Å². The summed E-state index contributed by atoms with van der Waals surface area (Å²) < 4.78 is 58.7. The number of aromatic amines is 1. The molecule has 3 aromatic rings. The molecule has 188 valence electrons. The number of H-pyrrole nitrogens is 1. The van der Waals surface area contributed by atoms with E-state index in [9.17, 15) is 22.2 Å². The predicted octanol–water partition coefficient (Wildman–Crippen LogP) is 3.57. The third kappa shape index (κ3) is 6.83. The number of hydrogen-bond donors (Lipinski definition) is 1. The highest BCUT2D eigenvalue weighted by Crippen LogP contribution is 2.31. The zero-order valence-corrected chi connectivity index (χ0v) is 19.8. The molecule has 0 aliphatic carbocycles. The smallest absolute Gasteiger partial charge is 0.445 e. The molecule has 1 aliphatic rings. The molecule has 35 heavy (non-hydrogen) atoms. The molecule has 1 aromatic heterocycles. The number of alkyl halides is 3. The predicted molar refractivity (Wildman–Crippen MR) is 121 cm³/mol. The van der Waals surface area contributed by atoms with Gasteiger partial charge in [0, 0.05) is 43.4 Å². The van der Waals surface area contributed by atoms with Crippen molar-refractivity contribution in [3.8, 4) is 5.75 Å². The molecule has 0 spiro atoms. The van der Waals surface area contributed by atoms with Gasteiger partial charge in [0.15, 0.2) is 0 Å². The summed E-state index contributed by atoms with van der Waals surface area (Å²) in [6.07, 6.45) is -5.37. The summed E-state index contributed by atoms with van der Waals surface area (Å²) in [5.74, 6) is -0.0761. The van der Waals surface area contributed by atoms with Crippen LogP contribution in [0, 0.1) is 0 Å². The summed E-state index contributed by atoms with van der Waals surface area (Å²) in [5, 5.41) is 10.3. The molecular weight excluding hydrogens is 511 g/mol. The molecule has 0 bridgehead atoms. The van der Waals surface area contributed by atoms with Gasteiger partial charge >= 0.3 is 12.5 Å². The first kappa shape index (κ1) is 25.2. The van der Waals surface area contributed by atoms with Crippen molar-refractivity contribution in [2.75, 3.05) is 38.5 Å². The Morgan fingerprint density at radius 1 is 1.09 bits per heavy atom. The number of nitrogens with one attached hydrogen (secondary N) is 1. The Morgan fingerprint density at radius 2 is 1.83 bits per heavy atom. The van der Waals surface area contributed by atoms with Gasteiger partial charge in [0.1, 0.15) is 23.4 Å². The molecule has 0 saturated carbocycles. The highest BCUT2D eigenvalue weighted by Gasteiger charge is 2.32. The van der Waals surface area contributed by atoms with Crippen LogP contribution >= 0.6 is 11.6 Å². The Balaban J connectivity index is 1.19. The normalized spacial score (nSPS) is 15.8. The van der Waals surface area contributed by atoms with Crippen molar-refractivity contribution < 1.29 is 31.6 Å². The number of carbonyl (C=O) groups is 1. The van der Waals surface area contributed by atoms with Gasteiger partial charge < -0.3 is 14.4 Å². The van der Waals surface area contributed by atoms with Gasteiger partial charge in [0.25, 0.3) is 0 Å². The Hall–Kier alpha value is -2.90. The number of aromatic nitrogens is 3. The number of rotatable bonds is 7. The fourth-order valence-electron chi connectivity index (χ4n) is 3.52. The van der Waals surface area contributed by atoms with Crippen molar-refractivity contribution in [3.05, 3.63) is 47.0 Å². The van der Waals surface area contributed by atoms with E-state index in [2.05, 4.69) is 25.0 Å². The number of carbonyl (C=O) groups excluding carboxylic acids is 1. The van der Waals surface area contributed by atoms with Crippen molar-refractivity contribution >= 4 is 39.5 Å². The third-order valence-corrected chi connectivity index (χ3v) is 6.99. The number of halogens is 4. The van der Waals surface area contributed by atoms with Crippen molar-refractivity contribution in [2.45, 2.75) is 17.9 Å². The van der Waals surface area contributed by atoms with Crippen molar-refractivity contribution in [2.24, 2.45) is 0 Å². The molecule has 1 saturated heterocycles. The van der Waals surface area contributed by atoms with Crippen LogP contribution in [-0.4, -0.2) is 80.4 Å². The first-order valence-electron chi connectivity index (χ1n) is 10.5. The standard InChI is InChI=1S/C21H21ClF3N5O4S/c22-16-11-14(1-4-19(16)34-21(23,24)25)13-33-20(31)30-7-5-29(6-8-30)9-10-35(32)15-2-3-17-18(12-15)27-28-26-17/h1-4,11-12H,5-10,13H2,(H,26,27,28). The SMILES string of the molecule is O=C(OCc1ccc(OC(F)(F)F)c(Cl)c1)N1CCN(CCS(=O)c2ccc3n[nH]nc3c2)CC1. The molecule has 1 fully saturated rings. The molecule has 14 heteroatoms. The Labute approximate surface area is 205 Å². The van der Waals surface area contributed by atoms with Crippen molar-refractivity contribution in [1.29, 1.82) is 0 Å². The van der Waals surface area contributed by atoms with Crippen LogP contribution in [0.1, 0.15) is 5.56 Å². The maximum absolute atomic E-state index is 12.6. The Kier molecular flexibility index (Phi) is 7.77. The van der Waals surface area contributed by atoms with Gasteiger partial charge in [-0.1, -0.05) is 17.7 Å². The van der Waals surface area contributed by atoms with Gasteiger partial charge in [-0.05, 0) is 35.9 Å². The number of hydrogen-bond acceptors (Lipinski definition) is 7. The topological polar surface area (TPSA) is 101 Å². The lowest BCUT2D eigenvalue weighted by Gasteiger charge is -2.33. The first-order chi connectivity index (χ1) is 16.7. The second-order valence-corrected chi connectivity index (χ2v) is 9.70. The summed E-state index contributed by atoms with van der Waals surface area (Å²) in [5.41, 5.74) is 1.81. The number of amides is 1. The zero-order chi connectivity index (χ0) is 25.0. The minimum absolute atomic E-state index is 0.139. The van der Waals surface area contributed by atoms with Gasteiger partial charge in [-0.15, -0.1) is 13.2 Å². The molecule has 1 unspecified atom stereocenters. The second kappa shape index (κ2) is 10.8. The van der Waals surface area contributed by atoms with E-state index in [1.807, 2.05) is 0 Å². The maximum Gasteiger partial charge on any atom is 0.573 e. The summed E-state index contributed by atoms with van der Waals surface area (Å²) in [4.78, 5) is 16.7. The summed E-state index contributed by atoms with van der Waals surface area (Å²) in [7, 11) is -1.19. The first-order valence-corrected chi connectivity index (χ1v) is 12.2. The molecule has 2 aromatic carbocycles. The van der Waals surface area contributed by atoms with Gasteiger partial charge in [0.05, 0.1) is 15.8 Å². The largest absolute Gasteiger partial charge is 0.573 e. The van der Waals surface area contributed by atoms with Crippen LogP contribution in [0.4, 0.5) is 18.0 Å². The number of benzene rings is 2. The average Bonchev–Trinajstić information content (AvgIpc) is 3.30. The highest BCUT2D eigenvalue weighted by molar-refractivity contribution is 7.85. The van der Waals surface area contributed by atoms with E-state index in [1.165, 1.54) is 12.1 Å². The quantitative estimate of drug-likeness (QED) is 0.497. The van der Waals surface area contributed by atoms with E-state index in [1.54, 1.807) is 23.1 Å². The lowest BCUT2D eigenvalue weighted by Crippen LogP contribution is -2.49. The summed E-state index contributed by atoms with van der Waals surface area (Å²) in [6.45, 7) is 2.55. The minimum atomic E-state index is -4.85.